The van der Waals surface area contributed by atoms with E-state index in [0.29, 0.717) is 39.3 Å². The molecule has 3 N–H and O–H groups in total. The van der Waals surface area contributed by atoms with Crippen LogP contribution in [0.3, 0.4) is 0 Å². The lowest BCUT2D eigenvalue weighted by Crippen LogP contribution is -2.20. The van der Waals surface area contributed by atoms with Crippen molar-refractivity contribution in [3.8, 4) is 11.3 Å². The first-order valence-corrected chi connectivity index (χ1v) is 11.9. The molecule has 0 aromatic carbocycles. The van der Waals surface area contributed by atoms with Crippen LogP contribution in [-0.2, 0) is 18.9 Å². The summed E-state index contributed by atoms with van der Waals surface area (Å²) in [7, 11) is 3.46. The van der Waals surface area contributed by atoms with Gasteiger partial charge in [-0.25, -0.2) is 19.6 Å². The molecule has 5 aromatic rings. The fourth-order valence-corrected chi connectivity index (χ4v) is 4.99. The molecule has 0 aliphatic heterocycles. The number of amides is 1. The number of aromatic nitrogens is 7. The van der Waals surface area contributed by atoms with E-state index in [1.165, 1.54) is 4.68 Å². The average molecular weight is 496 g/mol. The van der Waals surface area contributed by atoms with Crippen molar-refractivity contribution in [3.05, 3.63) is 64.1 Å². The SMILES string of the molecule is Cc1nc2c(=O)n(C)ncc2c(C)c1-c1cc2cc(NC(=O)[C@H]3C[C@@H]3c3cnn(C)c3)ncc2c(N)n1. The van der Waals surface area contributed by atoms with Crippen LogP contribution < -0.4 is 16.6 Å². The molecule has 2 atom stereocenters. The molecule has 1 amide bonds. The van der Waals surface area contributed by atoms with Crippen molar-refractivity contribution in [2.45, 2.75) is 26.2 Å². The number of aryl methyl sites for hydroxylation is 4. The molecule has 5 aromatic heterocycles. The van der Waals surface area contributed by atoms with Crippen LogP contribution in [0.2, 0.25) is 0 Å². The Balaban J connectivity index is 1.35. The maximum Gasteiger partial charge on any atom is 0.292 e. The Hall–Kier alpha value is -4.67. The van der Waals surface area contributed by atoms with Crippen molar-refractivity contribution in [2.75, 3.05) is 11.1 Å². The highest BCUT2D eigenvalue weighted by molar-refractivity contribution is 5.99. The van der Waals surface area contributed by atoms with Gasteiger partial charge in [0.15, 0.2) is 0 Å². The summed E-state index contributed by atoms with van der Waals surface area (Å²) in [6.45, 7) is 3.76. The fraction of sp³-hybridized carbons (Fsp3) is 0.269. The predicted octanol–water partition coefficient (Wildman–Crippen LogP) is 2.61. The molecule has 0 unspecified atom stereocenters. The Morgan fingerprint density at radius 1 is 1.08 bits per heavy atom. The molecule has 0 bridgehead atoms. The normalized spacial score (nSPS) is 16.9. The summed E-state index contributed by atoms with van der Waals surface area (Å²) in [6.07, 6.45) is 7.80. The number of nitrogen functional groups attached to an aromatic ring is 1. The highest BCUT2D eigenvalue weighted by atomic mass is 16.2. The van der Waals surface area contributed by atoms with Gasteiger partial charge in [0, 0.05) is 54.4 Å². The lowest BCUT2D eigenvalue weighted by molar-refractivity contribution is -0.117. The highest BCUT2D eigenvalue weighted by Crippen LogP contribution is 2.47. The number of nitrogens with one attached hydrogen (secondary N) is 1. The van der Waals surface area contributed by atoms with Gasteiger partial charge in [-0.3, -0.25) is 14.3 Å². The number of carbonyl (C=O) groups is 1. The van der Waals surface area contributed by atoms with Crippen LogP contribution in [0.25, 0.3) is 32.9 Å². The van der Waals surface area contributed by atoms with E-state index in [2.05, 4.69) is 30.5 Å². The van der Waals surface area contributed by atoms with E-state index in [9.17, 15) is 9.59 Å². The van der Waals surface area contributed by atoms with Crippen molar-refractivity contribution in [2.24, 2.45) is 20.0 Å². The molecule has 6 rings (SSSR count). The van der Waals surface area contributed by atoms with Crippen LogP contribution in [0.4, 0.5) is 11.6 Å². The van der Waals surface area contributed by atoms with Gasteiger partial charge in [-0.05, 0) is 54.8 Å². The van der Waals surface area contributed by atoms with Crippen molar-refractivity contribution >= 4 is 39.2 Å². The van der Waals surface area contributed by atoms with Gasteiger partial charge in [0.2, 0.25) is 5.91 Å². The van der Waals surface area contributed by atoms with E-state index in [-0.39, 0.29) is 23.3 Å². The quantitative estimate of drug-likeness (QED) is 0.387. The monoisotopic (exact) mass is 495 g/mol. The van der Waals surface area contributed by atoms with Crippen LogP contribution in [-0.4, -0.2) is 40.4 Å². The minimum atomic E-state index is -0.255. The number of carbonyl (C=O) groups excluding carboxylic acids is 1. The van der Waals surface area contributed by atoms with Crippen LogP contribution in [0.5, 0.6) is 0 Å². The molecule has 0 saturated heterocycles. The number of hydrogen-bond acceptors (Lipinski definition) is 8. The van der Waals surface area contributed by atoms with E-state index >= 15 is 0 Å². The third-order valence-corrected chi connectivity index (χ3v) is 7.06. The minimum Gasteiger partial charge on any atom is -0.383 e. The van der Waals surface area contributed by atoms with E-state index in [4.69, 9.17) is 5.73 Å². The van der Waals surface area contributed by atoms with Gasteiger partial charge in [0.1, 0.15) is 17.2 Å². The van der Waals surface area contributed by atoms with Crippen LogP contribution in [0.15, 0.2) is 41.7 Å². The molecule has 1 saturated carbocycles. The lowest BCUT2D eigenvalue weighted by Gasteiger charge is -2.14. The number of nitrogens with two attached hydrogens (primary N) is 1. The fourth-order valence-electron chi connectivity index (χ4n) is 4.99. The van der Waals surface area contributed by atoms with Gasteiger partial charge in [-0.2, -0.15) is 10.2 Å². The van der Waals surface area contributed by atoms with E-state index in [1.807, 2.05) is 39.4 Å². The molecule has 1 aliphatic carbocycles. The maximum absolute atomic E-state index is 12.9. The smallest absolute Gasteiger partial charge is 0.292 e. The number of hydrogen-bond donors (Lipinski definition) is 2. The Bertz CT molecular complexity index is 1800. The first-order chi connectivity index (χ1) is 17.7. The van der Waals surface area contributed by atoms with Gasteiger partial charge in [-0.1, -0.05) is 0 Å². The number of nitrogens with zero attached hydrogens (tertiary/aromatic N) is 7. The summed E-state index contributed by atoms with van der Waals surface area (Å²) >= 11 is 0. The van der Waals surface area contributed by atoms with Crippen LogP contribution >= 0.6 is 0 Å². The standard InChI is InChI=1S/C26H25N9O2/c1-12-18-10-30-35(4)26(37)23(18)31-13(2)22(12)20-5-14-6-21(28-9-19(14)24(27)32-20)33-25(36)17-7-16(17)15-8-29-34(3)11-15/h5-6,8-11,16-17H,7H2,1-4H3,(H2,27,32)(H,28,33,36)/t16-,17+/m1/s1. The maximum atomic E-state index is 12.9. The zero-order valence-corrected chi connectivity index (χ0v) is 20.9. The van der Waals surface area contributed by atoms with Gasteiger partial charge >= 0.3 is 0 Å². The molecule has 1 aliphatic rings. The molecule has 5 heterocycles. The Morgan fingerprint density at radius 3 is 2.65 bits per heavy atom. The Labute approximate surface area is 211 Å². The zero-order valence-electron chi connectivity index (χ0n) is 20.9. The van der Waals surface area contributed by atoms with Gasteiger partial charge < -0.3 is 11.1 Å². The van der Waals surface area contributed by atoms with Crippen LogP contribution in [0.1, 0.15) is 29.2 Å². The summed E-state index contributed by atoms with van der Waals surface area (Å²) in [5.41, 5.74) is 10.4. The number of rotatable bonds is 4. The average Bonchev–Trinajstić information content (AvgIpc) is 3.55. The molecule has 1 fully saturated rings. The third-order valence-electron chi connectivity index (χ3n) is 7.06. The largest absolute Gasteiger partial charge is 0.383 e. The summed E-state index contributed by atoms with van der Waals surface area (Å²) in [5, 5.41) is 13.4. The summed E-state index contributed by atoms with van der Waals surface area (Å²) in [5.74, 6) is 0.775. The lowest BCUT2D eigenvalue weighted by atomic mass is 9.99. The van der Waals surface area contributed by atoms with Crippen molar-refractivity contribution in [1.29, 1.82) is 0 Å². The number of fused-ring (bicyclic) bond motifs is 2. The molecule has 11 heteroatoms. The second-order valence-corrected chi connectivity index (χ2v) is 9.60. The summed E-state index contributed by atoms with van der Waals surface area (Å²) in [4.78, 5) is 39.0. The first-order valence-electron chi connectivity index (χ1n) is 11.9. The molecule has 186 valence electrons. The van der Waals surface area contributed by atoms with Crippen molar-refractivity contribution < 1.29 is 4.79 Å². The molecular formula is C26H25N9O2. The second-order valence-electron chi connectivity index (χ2n) is 9.60. The van der Waals surface area contributed by atoms with Gasteiger partial charge in [-0.15, -0.1) is 0 Å². The number of anilines is 2. The topological polar surface area (TPSA) is 146 Å². The van der Waals surface area contributed by atoms with Crippen LogP contribution in [0, 0.1) is 19.8 Å². The second kappa shape index (κ2) is 8.19. The van der Waals surface area contributed by atoms with E-state index in [1.54, 1.807) is 30.2 Å². The van der Waals surface area contributed by atoms with Crippen molar-refractivity contribution in [1.82, 2.24) is 34.5 Å². The highest BCUT2D eigenvalue weighted by Gasteiger charge is 2.44. The molecule has 11 nitrogen and oxygen atoms in total. The van der Waals surface area contributed by atoms with Gasteiger partial charge in [0.05, 0.1) is 18.1 Å². The van der Waals surface area contributed by atoms with Gasteiger partial charge in [0.25, 0.3) is 5.56 Å². The zero-order chi connectivity index (χ0) is 26.0. The molecular weight excluding hydrogens is 470 g/mol. The molecule has 0 radical (unpaired) electrons. The minimum absolute atomic E-state index is 0.0672. The number of pyridine rings is 3. The molecule has 0 spiro atoms. The van der Waals surface area contributed by atoms with Crippen molar-refractivity contribution in [3.63, 3.8) is 0 Å². The summed E-state index contributed by atoms with van der Waals surface area (Å²) in [6, 6.07) is 3.70. The Morgan fingerprint density at radius 2 is 1.89 bits per heavy atom. The predicted molar refractivity (Wildman–Crippen MR) is 140 cm³/mol. The van der Waals surface area contributed by atoms with E-state index in [0.717, 1.165) is 28.5 Å². The summed E-state index contributed by atoms with van der Waals surface area (Å²) < 4.78 is 3.01. The Kier molecular flexibility index (Phi) is 5.04. The van der Waals surface area contributed by atoms with E-state index < -0.39 is 0 Å². The first kappa shape index (κ1) is 22.8. The third kappa shape index (κ3) is 3.79. The molecule has 37 heavy (non-hydrogen) atoms.